The fourth-order valence-corrected chi connectivity index (χ4v) is 5.68. The van der Waals surface area contributed by atoms with E-state index in [-0.39, 0.29) is 12.2 Å². The predicted octanol–water partition coefficient (Wildman–Crippen LogP) is 5.99. The van der Waals surface area contributed by atoms with Crippen molar-refractivity contribution < 1.29 is 26.3 Å². The molecular formula is C27H25ClF3N5O3S. The highest BCUT2D eigenvalue weighted by molar-refractivity contribution is 7.92. The topological polar surface area (TPSA) is 97.3 Å². The molecule has 1 fully saturated rings. The molecular weight excluding hydrogens is 567 g/mol. The zero-order valence-corrected chi connectivity index (χ0v) is 23.1. The van der Waals surface area contributed by atoms with Gasteiger partial charge in [0.25, 0.3) is 9.84 Å². The molecule has 1 aliphatic rings. The number of ether oxygens (including phenoxy) is 1. The van der Waals surface area contributed by atoms with Crippen LogP contribution in [0.1, 0.15) is 19.7 Å². The summed E-state index contributed by atoms with van der Waals surface area (Å²) >= 11 is 6.37. The van der Waals surface area contributed by atoms with Crippen molar-refractivity contribution in [1.82, 2.24) is 19.9 Å². The van der Waals surface area contributed by atoms with Gasteiger partial charge in [-0.05, 0) is 62.4 Å². The van der Waals surface area contributed by atoms with Crippen LogP contribution in [0.15, 0.2) is 65.7 Å². The molecule has 4 aromatic rings. The zero-order valence-electron chi connectivity index (χ0n) is 21.5. The summed E-state index contributed by atoms with van der Waals surface area (Å²) < 4.78 is 68.2. The molecule has 0 radical (unpaired) electrons. The molecule has 0 aliphatic carbocycles. The molecule has 210 valence electrons. The maximum absolute atomic E-state index is 13.0. The number of morpholine rings is 1. The number of anilines is 2. The van der Waals surface area contributed by atoms with Gasteiger partial charge in [-0.1, -0.05) is 17.7 Å². The molecule has 0 saturated carbocycles. The highest BCUT2D eigenvalue weighted by Gasteiger charge is 2.46. The van der Waals surface area contributed by atoms with E-state index in [0.717, 1.165) is 17.7 Å². The van der Waals surface area contributed by atoms with E-state index >= 15 is 0 Å². The van der Waals surface area contributed by atoms with Crippen LogP contribution in [-0.2, 0) is 21.1 Å². The summed E-state index contributed by atoms with van der Waals surface area (Å²) in [5, 5.41) is 4.25. The van der Waals surface area contributed by atoms with E-state index < -0.39 is 20.2 Å². The third-order valence-corrected chi connectivity index (χ3v) is 8.17. The van der Waals surface area contributed by atoms with Gasteiger partial charge in [0.2, 0.25) is 0 Å². The number of benzene rings is 2. The van der Waals surface area contributed by atoms with Gasteiger partial charge in [0, 0.05) is 35.9 Å². The van der Waals surface area contributed by atoms with Crippen molar-refractivity contribution in [2.24, 2.45) is 0 Å². The SMILES string of the molecule is CC1CN(Cc2nc(Nc3ccc(S(=O)(=O)C(F)(F)F)cc3)c3ccc(-c4ncccc4Cl)cc3n2)CC(C)O1. The zero-order chi connectivity index (χ0) is 28.7. The van der Waals surface area contributed by atoms with Gasteiger partial charge in [-0.15, -0.1) is 0 Å². The van der Waals surface area contributed by atoms with Gasteiger partial charge < -0.3 is 10.1 Å². The average Bonchev–Trinajstić information content (AvgIpc) is 2.88. The number of pyridine rings is 1. The van der Waals surface area contributed by atoms with E-state index in [9.17, 15) is 21.6 Å². The number of hydrogen-bond donors (Lipinski definition) is 1. The van der Waals surface area contributed by atoms with Crippen molar-refractivity contribution in [1.29, 1.82) is 0 Å². The van der Waals surface area contributed by atoms with Crippen LogP contribution >= 0.6 is 11.6 Å². The van der Waals surface area contributed by atoms with Gasteiger partial charge in [-0.2, -0.15) is 13.2 Å². The number of fused-ring (bicyclic) bond motifs is 1. The summed E-state index contributed by atoms with van der Waals surface area (Å²) in [5.41, 5.74) is -3.07. The number of nitrogens with one attached hydrogen (secondary N) is 1. The van der Waals surface area contributed by atoms with Crippen LogP contribution < -0.4 is 5.32 Å². The molecule has 1 N–H and O–H groups in total. The van der Waals surface area contributed by atoms with Gasteiger partial charge >= 0.3 is 5.51 Å². The van der Waals surface area contributed by atoms with E-state index in [2.05, 4.69) is 15.2 Å². The Labute approximate surface area is 234 Å². The standard InChI is InChI=1S/C27H25ClF3N5O3S/c1-16-13-36(14-17(2)39-16)15-24-34-23-12-18(25-22(28)4-3-11-32-25)5-10-21(23)26(35-24)33-19-6-8-20(9-7-19)40(37,38)27(29,30)31/h3-12,16-17H,13-15H2,1-2H3,(H,33,34,35). The molecule has 40 heavy (non-hydrogen) atoms. The Morgan fingerprint density at radius 1 is 1.05 bits per heavy atom. The van der Waals surface area contributed by atoms with Gasteiger partial charge in [0.05, 0.1) is 39.9 Å². The molecule has 0 bridgehead atoms. The number of rotatable bonds is 6. The first-order valence-corrected chi connectivity index (χ1v) is 14.2. The fraction of sp³-hybridized carbons (Fsp3) is 0.296. The summed E-state index contributed by atoms with van der Waals surface area (Å²) in [5.74, 6) is 0.941. The summed E-state index contributed by atoms with van der Waals surface area (Å²) in [6.07, 6.45) is 1.74. The fourth-order valence-electron chi connectivity index (χ4n) is 4.69. The maximum Gasteiger partial charge on any atom is 0.501 e. The van der Waals surface area contributed by atoms with E-state index in [0.29, 0.717) is 58.6 Å². The molecule has 2 atom stereocenters. The monoisotopic (exact) mass is 591 g/mol. The van der Waals surface area contributed by atoms with Gasteiger partial charge in [-0.25, -0.2) is 18.4 Å². The Morgan fingerprint density at radius 2 is 1.75 bits per heavy atom. The van der Waals surface area contributed by atoms with Gasteiger partial charge in [-0.3, -0.25) is 9.88 Å². The highest BCUT2D eigenvalue weighted by Crippen LogP contribution is 2.33. The summed E-state index contributed by atoms with van der Waals surface area (Å²) in [6, 6.07) is 13.3. The number of hydrogen-bond acceptors (Lipinski definition) is 8. The minimum Gasteiger partial charge on any atom is -0.373 e. The van der Waals surface area contributed by atoms with Crippen molar-refractivity contribution in [3.63, 3.8) is 0 Å². The van der Waals surface area contributed by atoms with Crippen LogP contribution in [0.4, 0.5) is 24.7 Å². The van der Waals surface area contributed by atoms with Crippen molar-refractivity contribution in [2.45, 2.75) is 43.0 Å². The van der Waals surface area contributed by atoms with Crippen LogP contribution in [0.3, 0.4) is 0 Å². The van der Waals surface area contributed by atoms with Crippen molar-refractivity contribution in [2.75, 3.05) is 18.4 Å². The minimum absolute atomic E-state index is 0.0474. The summed E-state index contributed by atoms with van der Waals surface area (Å²) in [4.78, 5) is 15.3. The van der Waals surface area contributed by atoms with E-state index in [4.69, 9.17) is 26.3 Å². The molecule has 13 heteroatoms. The predicted molar refractivity (Wildman–Crippen MR) is 146 cm³/mol. The highest BCUT2D eigenvalue weighted by atomic mass is 35.5. The number of halogens is 4. The molecule has 2 aromatic heterocycles. The lowest BCUT2D eigenvalue weighted by Crippen LogP contribution is -2.45. The Balaban J connectivity index is 1.53. The third kappa shape index (κ3) is 5.90. The summed E-state index contributed by atoms with van der Waals surface area (Å²) in [7, 11) is -5.45. The van der Waals surface area contributed by atoms with Crippen LogP contribution in [0.2, 0.25) is 5.02 Å². The van der Waals surface area contributed by atoms with Crippen molar-refractivity contribution >= 4 is 43.8 Å². The van der Waals surface area contributed by atoms with Crippen LogP contribution in [0.25, 0.3) is 22.2 Å². The molecule has 1 aliphatic heterocycles. The van der Waals surface area contributed by atoms with Gasteiger partial charge in [0.1, 0.15) is 11.6 Å². The first kappa shape index (κ1) is 28.2. The summed E-state index contributed by atoms with van der Waals surface area (Å²) in [6.45, 7) is 5.85. The minimum atomic E-state index is -5.45. The Bertz CT molecular complexity index is 1640. The quantitative estimate of drug-likeness (QED) is 0.292. The number of alkyl halides is 3. The van der Waals surface area contributed by atoms with Gasteiger partial charge in [0.15, 0.2) is 0 Å². The van der Waals surface area contributed by atoms with E-state index in [1.54, 1.807) is 18.3 Å². The second-order valence-corrected chi connectivity index (χ2v) is 12.0. The lowest BCUT2D eigenvalue weighted by Gasteiger charge is -2.34. The average molecular weight is 592 g/mol. The smallest absolute Gasteiger partial charge is 0.373 e. The molecule has 3 heterocycles. The normalized spacial score (nSPS) is 18.6. The van der Waals surface area contributed by atoms with Crippen molar-refractivity contribution in [3.05, 3.63) is 71.6 Å². The Hall–Kier alpha value is -3.32. The molecule has 0 amide bonds. The maximum atomic E-state index is 13.0. The largest absolute Gasteiger partial charge is 0.501 e. The van der Waals surface area contributed by atoms with E-state index in [1.807, 2.05) is 32.0 Å². The first-order valence-electron chi connectivity index (χ1n) is 12.4. The van der Waals surface area contributed by atoms with Crippen LogP contribution in [-0.4, -0.2) is 59.1 Å². The second-order valence-electron chi connectivity index (χ2n) is 9.60. The Morgan fingerprint density at radius 3 is 2.40 bits per heavy atom. The molecule has 2 unspecified atom stereocenters. The number of aromatic nitrogens is 3. The number of nitrogens with zero attached hydrogens (tertiary/aromatic N) is 4. The second kappa shape index (κ2) is 10.9. The molecule has 5 rings (SSSR count). The molecule has 1 saturated heterocycles. The number of sulfone groups is 1. The van der Waals surface area contributed by atoms with E-state index in [1.165, 1.54) is 12.1 Å². The molecule has 2 aromatic carbocycles. The lowest BCUT2D eigenvalue weighted by molar-refractivity contribution is -0.0710. The first-order chi connectivity index (χ1) is 18.9. The van der Waals surface area contributed by atoms with Crippen molar-refractivity contribution in [3.8, 4) is 11.3 Å². The van der Waals surface area contributed by atoms with Crippen LogP contribution in [0, 0.1) is 0 Å². The molecule has 8 nitrogen and oxygen atoms in total. The lowest BCUT2D eigenvalue weighted by atomic mass is 10.1. The van der Waals surface area contributed by atoms with Crippen LogP contribution in [0.5, 0.6) is 0 Å². The Kier molecular flexibility index (Phi) is 7.71. The third-order valence-electron chi connectivity index (χ3n) is 6.37. The molecule has 0 spiro atoms.